The molecule has 0 amide bonds. The number of para-hydroxylation sites is 1. The van der Waals surface area contributed by atoms with Crippen LogP contribution >= 0.6 is 11.3 Å². The molecule has 1 N–H and O–H groups in total. The van der Waals surface area contributed by atoms with E-state index in [0.717, 1.165) is 21.3 Å². The van der Waals surface area contributed by atoms with Crippen molar-refractivity contribution in [3.05, 3.63) is 57.9 Å². The summed E-state index contributed by atoms with van der Waals surface area (Å²) in [6, 6.07) is 13.2. The van der Waals surface area contributed by atoms with Crippen LogP contribution in [0.3, 0.4) is 0 Å². The molecule has 0 aliphatic rings. The molecular weight excluding hydrogens is 320 g/mol. The van der Waals surface area contributed by atoms with Crippen LogP contribution in [0.5, 0.6) is 0 Å². The molecule has 120 valence electrons. The molecule has 24 heavy (non-hydrogen) atoms. The zero-order valence-electron chi connectivity index (χ0n) is 13.2. The number of hydrogen-bond donors (Lipinski definition) is 1. The first-order chi connectivity index (χ1) is 11.6. The SMILES string of the molecule is Cc1ccc(C(=O)[C@@H](C#N)C(=O)CCc2c[nH]c3ccccc23)s1. The Balaban J connectivity index is 1.71. The Kier molecular flexibility index (Phi) is 4.59. The zero-order chi connectivity index (χ0) is 17.1. The number of carbonyl (C=O) groups excluding carboxylic acids is 2. The van der Waals surface area contributed by atoms with Crippen LogP contribution in [0.1, 0.15) is 26.5 Å². The Labute approximate surface area is 143 Å². The second-order valence-corrected chi connectivity index (χ2v) is 6.95. The lowest BCUT2D eigenvalue weighted by Crippen LogP contribution is -2.22. The van der Waals surface area contributed by atoms with E-state index in [1.807, 2.05) is 49.5 Å². The minimum Gasteiger partial charge on any atom is -0.361 e. The van der Waals surface area contributed by atoms with E-state index < -0.39 is 5.92 Å². The van der Waals surface area contributed by atoms with Crippen molar-refractivity contribution in [3.8, 4) is 6.07 Å². The maximum atomic E-state index is 12.4. The number of benzene rings is 1. The highest BCUT2D eigenvalue weighted by Crippen LogP contribution is 2.22. The number of thiophene rings is 1. The topological polar surface area (TPSA) is 73.7 Å². The molecule has 0 aliphatic carbocycles. The zero-order valence-corrected chi connectivity index (χ0v) is 14.0. The number of H-pyrrole nitrogens is 1. The molecule has 0 unspecified atom stereocenters. The lowest BCUT2D eigenvalue weighted by atomic mass is 9.94. The van der Waals surface area contributed by atoms with Gasteiger partial charge in [0.05, 0.1) is 10.9 Å². The highest BCUT2D eigenvalue weighted by Gasteiger charge is 2.28. The summed E-state index contributed by atoms with van der Waals surface area (Å²) in [4.78, 5) is 29.4. The quantitative estimate of drug-likeness (QED) is 0.545. The van der Waals surface area contributed by atoms with Crippen LogP contribution in [0.25, 0.3) is 10.9 Å². The number of aryl methyl sites for hydroxylation is 2. The Bertz CT molecular complexity index is 946. The van der Waals surface area contributed by atoms with E-state index in [0.29, 0.717) is 11.3 Å². The van der Waals surface area contributed by atoms with Gasteiger partial charge in [-0.2, -0.15) is 5.26 Å². The summed E-state index contributed by atoms with van der Waals surface area (Å²) >= 11 is 1.32. The van der Waals surface area contributed by atoms with Gasteiger partial charge in [0, 0.05) is 28.4 Å². The Morgan fingerprint density at radius 2 is 2.04 bits per heavy atom. The number of fused-ring (bicyclic) bond motifs is 1. The van der Waals surface area contributed by atoms with Crippen molar-refractivity contribution in [2.45, 2.75) is 19.8 Å². The first-order valence-corrected chi connectivity index (χ1v) is 8.50. The Morgan fingerprint density at radius 3 is 2.75 bits per heavy atom. The van der Waals surface area contributed by atoms with Gasteiger partial charge in [-0.3, -0.25) is 9.59 Å². The molecule has 4 nitrogen and oxygen atoms in total. The highest BCUT2D eigenvalue weighted by molar-refractivity contribution is 7.14. The van der Waals surface area contributed by atoms with Gasteiger partial charge in [0.15, 0.2) is 17.5 Å². The molecule has 1 aromatic carbocycles. The molecule has 1 atom stereocenters. The predicted octanol–water partition coefficient (Wildman–Crippen LogP) is 4.06. The smallest absolute Gasteiger partial charge is 0.197 e. The number of carbonyl (C=O) groups is 2. The Morgan fingerprint density at radius 1 is 1.25 bits per heavy atom. The van der Waals surface area contributed by atoms with E-state index in [1.165, 1.54) is 11.3 Å². The summed E-state index contributed by atoms with van der Waals surface area (Å²) in [5.41, 5.74) is 2.04. The minimum absolute atomic E-state index is 0.177. The molecule has 0 fully saturated rings. The van der Waals surface area contributed by atoms with E-state index in [2.05, 4.69) is 4.98 Å². The molecule has 3 rings (SSSR count). The molecule has 0 aliphatic heterocycles. The molecular formula is C19H16N2O2S. The first-order valence-electron chi connectivity index (χ1n) is 7.68. The number of nitrogens with zero attached hydrogens (tertiary/aromatic N) is 1. The largest absolute Gasteiger partial charge is 0.361 e. The summed E-state index contributed by atoms with van der Waals surface area (Å²) in [7, 11) is 0. The summed E-state index contributed by atoms with van der Waals surface area (Å²) in [5.74, 6) is -1.92. The van der Waals surface area contributed by atoms with Crippen molar-refractivity contribution in [1.29, 1.82) is 5.26 Å². The van der Waals surface area contributed by atoms with Gasteiger partial charge in [0.1, 0.15) is 0 Å². The average Bonchev–Trinajstić information content (AvgIpc) is 3.20. The molecule has 2 heterocycles. The third kappa shape index (κ3) is 3.15. The fourth-order valence-corrected chi connectivity index (χ4v) is 3.56. The molecule has 2 aromatic heterocycles. The van der Waals surface area contributed by atoms with Gasteiger partial charge in [-0.1, -0.05) is 18.2 Å². The predicted molar refractivity (Wildman–Crippen MR) is 94.1 cm³/mol. The number of nitriles is 1. The van der Waals surface area contributed by atoms with Crippen LogP contribution in [0.4, 0.5) is 0 Å². The first kappa shape index (κ1) is 16.2. The fraction of sp³-hybridized carbons (Fsp3) is 0.211. The van der Waals surface area contributed by atoms with E-state index in [4.69, 9.17) is 0 Å². The van der Waals surface area contributed by atoms with Crippen molar-refractivity contribution < 1.29 is 9.59 Å². The van der Waals surface area contributed by atoms with E-state index in [-0.39, 0.29) is 18.0 Å². The van der Waals surface area contributed by atoms with Crippen molar-refractivity contribution in [3.63, 3.8) is 0 Å². The van der Waals surface area contributed by atoms with Crippen LogP contribution < -0.4 is 0 Å². The second-order valence-electron chi connectivity index (χ2n) is 5.66. The number of ketones is 2. The maximum absolute atomic E-state index is 12.4. The van der Waals surface area contributed by atoms with Crippen LogP contribution in [0, 0.1) is 24.2 Å². The number of Topliss-reactive ketones (excluding diaryl/α,β-unsaturated/α-hetero) is 2. The number of aromatic amines is 1. The second kappa shape index (κ2) is 6.81. The van der Waals surface area contributed by atoms with Gasteiger partial charge in [-0.25, -0.2) is 0 Å². The van der Waals surface area contributed by atoms with Crippen molar-refractivity contribution in [1.82, 2.24) is 4.98 Å². The van der Waals surface area contributed by atoms with Crippen molar-refractivity contribution in [2.75, 3.05) is 0 Å². The van der Waals surface area contributed by atoms with Gasteiger partial charge in [0.2, 0.25) is 0 Å². The summed E-state index contributed by atoms with van der Waals surface area (Å²) < 4.78 is 0. The third-order valence-electron chi connectivity index (χ3n) is 4.01. The van der Waals surface area contributed by atoms with Gasteiger partial charge in [0.25, 0.3) is 0 Å². The van der Waals surface area contributed by atoms with Crippen LogP contribution in [0.15, 0.2) is 42.6 Å². The molecule has 5 heteroatoms. The molecule has 0 saturated heterocycles. The molecule has 0 saturated carbocycles. The lowest BCUT2D eigenvalue weighted by Gasteiger charge is -2.06. The van der Waals surface area contributed by atoms with Crippen molar-refractivity contribution >= 4 is 33.8 Å². The Hall–Kier alpha value is -2.71. The minimum atomic E-state index is -1.21. The fourth-order valence-electron chi connectivity index (χ4n) is 2.73. The molecule has 0 spiro atoms. The maximum Gasteiger partial charge on any atom is 0.197 e. The lowest BCUT2D eigenvalue weighted by molar-refractivity contribution is -0.120. The summed E-state index contributed by atoms with van der Waals surface area (Å²) in [6.45, 7) is 1.89. The van der Waals surface area contributed by atoms with Gasteiger partial charge >= 0.3 is 0 Å². The van der Waals surface area contributed by atoms with Crippen LogP contribution in [-0.4, -0.2) is 16.6 Å². The molecule has 3 aromatic rings. The van der Waals surface area contributed by atoms with E-state index in [1.54, 1.807) is 6.07 Å². The number of rotatable bonds is 6. The van der Waals surface area contributed by atoms with Crippen LogP contribution in [-0.2, 0) is 11.2 Å². The number of hydrogen-bond acceptors (Lipinski definition) is 4. The van der Waals surface area contributed by atoms with Gasteiger partial charge < -0.3 is 4.98 Å². The van der Waals surface area contributed by atoms with E-state index >= 15 is 0 Å². The standard InChI is InChI=1S/C19H16N2O2S/c1-12-6-9-18(24-12)19(23)15(10-20)17(22)8-7-13-11-21-16-5-3-2-4-14(13)16/h2-6,9,11,15,21H,7-8H2,1H3/t15-/m0/s1. The molecule has 0 radical (unpaired) electrons. The van der Waals surface area contributed by atoms with Gasteiger partial charge in [-0.05, 0) is 37.1 Å². The van der Waals surface area contributed by atoms with Crippen LogP contribution in [0.2, 0.25) is 0 Å². The monoisotopic (exact) mass is 336 g/mol. The van der Waals surface area contributed by atoms with Gasteiger partial charge in [-0.15, -0.1) is 11.3 Å². The van der Waals surface area contributed by atoms with Crippen molar-refractivity contribution in [2.24, 2.45) is 5.92 Å². The number of nitrogens with one attached hydrogen (secondary N) is 1. The third-order valence-corrected chi connectivity index (χ3v) is 5.03. The summed E-state index contributed by atoms with van der Waals surface area (Å²) in [5, 5.41) is 10.3. The average molecular weight is 336 g/mol. The normalized spacial score (nSPS) is 12.0. The van der Waals surface area contributed by atoms with E-state index in [9.17, 15) is 14.9 Å². The summed E-state index contributed by atoms with van der Waals surface area (Å²) in [6.07, 6.45) is 2.57. The molecule has 0 bridgehead atoms. The number of aromatic nitrogens is 1. The highest BCUT2D eigenvalue weighted by atomic mass is 32.1.